The van der Waals surface area contributed by atoms with Gasteiger partial charge < -0.3 is 14.6 Å². The lowest BCUT2D eigenvalue weighted by molar-refractivity contribution is -0.122. The molecule has 0 unspecified atom stereocenters. The highest BCUT2D eigenvalue weighted by molar-refractivity contribution is 6.07. The van der Waals surface area contributed by atoms with Crippen molar-refractivity contribution in [3.8, 4) is 5.75 Å². The van der Waals surface area contributed by atoms with Gasteiger partial charge in [-0.1, -0.05) is 60.7 Å². The fraction of sp³-hybridized carbons (Fsp3) is 0.179. The summed E-state index contributed by atoms with van der Waals surface area (Å²) in [5.41, 5.74) is 4.36. The summed E-state index contributed by atoms with van der Waals surface area (Å²) >= 11 is 0. The second kappa shape index (κ2) is 9.46. The number of ether oxygens (including phenoxy) is 1. The normalized spacial score (nSPS) is 11.1. The van der Waals surface area contributed by atoms with Crippen LogP contribution in [-0.4, -0.2) is 27.4 Å². The van der Waals surface area contributed by atoms with Crippen molar-refractivity contribution in [1.82, 2.24) is 19.7 Å². The number of nitrogens with zero attached hydrogens (tertiary/aromatic N) is 3. The predicted octanol–water partition coefficient (Wildman–Crippen LogP) is 4.03. The number of aromatic nitrogens is 3. The Hall–Kier alpha value is -4.39. The number of para-hydroxylation sites is 2. The number of nitrogens with one attached hydrogen (secondary N) is 1. The second-order valence-corrected chi connectivity index (χ2v) is 8.49. The Labute approximate surface area is 202 Å². The molecule has 0 aliphatic heterocycles. The Kier molecular flexibility index (Phi) is 6.06. The molecule has 1 N–H and O–H groups in total. The van der Waals surface area contributed by atoms with Gasteiger partial charge in [0.2, 0.25) is 5.91 Å². The summed E-state index contributed by atoms with van der Waals surface area (Å²) in [6.07, 6.45) is 1.68. The molecule has 5 rings (SSSR count). The van der Waals surface area contributed by atoms with Gasteiger partial charge in [0, 0.05) is 34.9 Å². The monoisotopic (exact) mass is 466 g/mol. The van der Waals surface area contributed by atoms with Crippen molar-refractivity contribution in [2.75, 3.05) is 7.11 Å². The van der Waals surface area contributed by atoms with Gasteiger partial charge in [0.15, 0.2) is 0 Å². The predicted molar refractivity (Wildman–Crippen MR) is 137 cm³/mol. The molecule has 35 heavy (non-hydrogen) atoms. The van der Waals surface area contributed by atoms with Crippen molar-refractivity contribution in [2.45, 2.75) is 26.6 Å². The Balaban J connectivity index is 1.49. The average Bonchev–Trinajstić information content (AvgIpc) is 3.20. The first-order valence-corrected chi connectivity index (χ1v) is 11.5. The number of rotatable bonds is 7. The lowest BCUT2D eigenvalue weighted by Crippen LogP contribution is -2.34. The van der Waals surface area contributed by atoms with E-state index < -0.39 is 0 Å². The number of aryl methyl sites for hydroxylation is 1. The molecule has 0 atom stereocenters. The van der Waals surface area contributed by atoms with E-state index in [0.717, 1.165) is 33.0 Å². The highest BCUT2D eigenvalue weighted by atomic mass is 16.5. The van der Waals surface area contributed by atoms with Crippen LogP contribution < -0.4 is 15.6 Å². The maximum absolute atomic E-state index is 13.6. The van der Waals surface area contributed by atoms with Crippen LogP contribution in [0.3, 0.4) is 0 Å². The number of hydrogen-bond acceptors (Lipinski definition) is 4. The maximum Gasteiger partial charge on any atom is 0.291 e. The lowest BCUT2D eigenvalue weighted by Gasteiger charge is -2.12. The fourth-order valence-corrected chi connectivity index (χ4v) is 4.46. The van der Waals surface area contributed by atoms with Crippen LogP contribution >= 0.6 is 0 Å². The van der Waals surface area contributed by atoms with Crippen LogP contribution in [0.4, 0.5) is 0 Å². The minimum atomic E-state index is -0.300. The molecule has 0 fully saturated rings. The van der Waals surface area contributed by atoms with Gasteiger partial charge in [0.25, 0.3) is 5.56 Å². The van der Waals surface area contributed by atoms with Crippen molar-refractivity contribution in [2.24, 2.45) is 0 Å². The van der Waals surface area contributed by atoms with Crippen LogP contribution in [0, 0.1) is 6.92 Å². The van der Waals surface area contributed by atoms with Crippen molar-refractivity contribution < 1.29 is 9.53 Å². The lowest BCUT2D eigenvalue weighted by atomic mass is 10.1. The Morgan fingerprint density at radius 3 is 2.46 bits per heavy atom. The molecule has 1 amide bonds. The number of benzene rings is 3. The molecule has 7 nitrogen and oxygen atoms in total. The summed E-state index contributed by atoms with van der Waals surface area (Å²) in [5.74, 6) is 0.400. The van der Waals surface area contributed by atoms with Crippen LogP contribution in [0.1, 0.15) is 16.7 Å². The Bertz CT molecular complexity index is 1600. The van der Waals surface area contributed by atoms with E-state index in [1.807, 2.05) is 65.2 Å². The first-order chi connectivity index (χ1) is 17.1. The molecule has 0 aliphatic rings. The zero-order valence-electron chi connectivity index (χ0n) is 19.7. The van der Waals surface area contributed by atoms with E-state index in [9.17, 15) is 9.59 Å². The molecule has 176 valence electrons. The smallest absolute Gasteiger partial charge is 0.291 e. The topological polar surface area (TPSA) is 78.2 Å². The van der Waals surface area contributed by atoms with E-state index in [2.05, 4.69) is 29.5 Å². The molecule has 0 spiro atoms. The molecule has 0 saturated heterocycles. The highest BCUT2D eigenvalue weighted by Crippen LogP contribution is 2.27. The van der Waals surface area contributed by atoms with Gasteiger partial charge in [-0.15, -0.1) is 0 Å². The van der Waals surface area contributed by atoms with Crippen molar-refractivity contribution in [3.63, 3.8) is 0 Å². The molecule has 0 aliphatic carbocycles. The number of hydrogen-bond donors (Lipinski definition) is 1. The van der Waals surface area contributed by atoms with Gasteiger partial charge in [-0.3, -0.25) is 9.59 Å². The first kappa shape index (κ1) is 22.4. The standard InChI is InChI=1S/C28H26N4O3/c1-19-9-3-4-11-21(19)17-31-24-13-7-6-12-22(24)23-16-30-32(28(34)27(23)31)18-26(33)29-15-20-10-5-8-14-25(20)35-2/h3-14,16H,15,17-18H2,1-2H3,(H,29,33). The van der Waals surface area contributed by atoms with Gasteiger partial charge in [-0.2, -0.15) is 5.10 Å². The SMILES string of the molecule is COc1ccccc1CNC(=O)Cn1ncc2c3ccccc3n(Cc3ccccc3C)c2c1=O. The number of fused-ring (bicyclic) bond motifs is 3. The maximum atomic E-state index is 13.6. The van der Waals surface area contributed by atoms with Gasteiger partial charge in [-0.25, -0.2) is 4.68 Å². The van der Waals surface area contributed by atoms with Crippen molar-refractivity contribution in [3.05, 3.63) is 106 Å². The molecule has 7 heteroatoms. The first-order valence-electron chi connectivity index (χ1n) is 11.5. The summed E-state index contributed by atoms with van der Waals surface area (Å²) in [7, 11) is 1.59. The second-order valence-electron chi connectivity index (χ2n) is 8.49. The number of carbonyl (C=O) groups excluding carboxylic acids is 1. The third kappa shape index (κ3) is 4.28. The minimum Gasteiger partial charge on any atom is -0.496 e. The summed E-state index contributed by atoms with van der Waals surface area (Å²) < 4.78 is 8.60. The number of methoxy groups -OCH3 is 1. The van der Waals surface area contributed by atoms with E-state index in [4.69, 9.17) is 4.74 Å². The highest BCUT2D eigenvalue weighted by Gasteiger charge is 2.17. The van der Waals surface area contributed by atoms with Crippen LogP contribution in [0.15, 0.2) is 83.8 Å². The summed E-state index contributed by atoms with van der Waals surface area (Å²) in [6, 6.07) is 23.6. The molecule has 3 aromatic carbocycles. The summed E-state index contributed by atoms with van der Waals surface area (Å²) in [5, 5.41) is 8.94. The minimum absolute atomic E-state index is 0.171. The van der Waals surface area contributed by atoms with Crippen LogP contribution in [0.25, 0.3) is 21.8 Å². The Morgan fingerprint density at radius 1 is 0.943 bits per heavy atom. The van der Waals surface area contributed by atoms with Crippen LogP contribution in [0.2, 0.25) is 0 Å². The van der Waals surface area contributed by atoms with E-state index in [1.165, 1.54) is 4.68 Å². The van der Waals surface area contributed by atoms with Crippen molar-refractivity contribution in [1.29, 1.82) is 0 Å². The number of carbonyl (C=O) groups is 1. The Morgan fingerprint density at radius 2 is 1.66 bits per heavy atom. The molecule has 2 aromatic heterocycles. The summed E-state index contributed by atoms with van der Waals surface area (Å²) in [4.78, 5) is 26.3. The van der Waals surface area contributed by atoms with E-state index in [0.29, 0.717) is 24.4 Å². The zero-order chi connectivity index (χ0) is 24.4. The van der Waals surface area contributed by atoms with Gasteiger partial charge in [0.05, 0.1) is 13.3 Å². The van der Waals surface area contributed by atoms with Crippen LogP contribution in [-0.2, 0) is 24.4 Å². The van der Waals surface area contributed by atoms with E-state index in [-0.39, 0.29) is 18.0 Å². The van der Waals surface area contributed by atoms with E-state index in [1.54, 1.807) is 13.3 Å². The quantitative estimate of drug-likeness (QED) is 0.393. The molecule has 0 saturated carbocycles. The van der Waals surface area contributed by atoms with Crippen LogP contribution in [0.5, 0.6) is 5.75 Å². The molecule has 5 aromatic rings. The van der Waals surface area contributed by atoms with Gasteiger partial charge in [0.1, 0.15) is 17.8 Å². The zero-order valence-corrected chi connectivity index (χ0v) is 19.7. The molecular formula is C28H26N4O3. The molecule has 0 radical (unpaired) electrons. The number of amides is 1. The molecular weight excluding hydrogens is 440 g/mol. The van der Waals surface area contributed by atoms with Gasteiger partial charge >= 0.3 is 0 Å². The van der Waals surface area contributed by atoms with Gasteiger partial charge in [-0.05, 0) is 30.2 Å². The third-order valence-electron chi connectivity index (χ3n) is 6.32. The molecule has 0 bridgehead atoms. The average molecular weight is 467 g/mol. The summed E-state index contributed by atoms with van der Waals surface area (Å²) in [6.45, 7) is 2.74. The fourth-order valence-electron chi connectivity index (χ4n) is 4.46. The van der Waals surface area contributed by atoms with E-state index >= 15 is 0 Å². The third-order valence-corrected chi connectivity index (χ3v) is 6.32. The molecule has 2 heterocycles. The largest absolute Gasteiger partial charge is 0.496 e. The van der Waals surface area contributed by atoms with Crippen molar-refractivity contribution >= 4 is 27.7 Å².